The summed E-state index contributed by atoms with van der Waals surface area (Å²) < 4.78 is 0. The quantitative estimate of drug-likeness (QED) is 0.389. The van der Waals surface area contributed by atoms with Crippen molar-refractivity contribution in [1.29, 1.82) is 0 Å². The zero-order valence-electron chi connectivity index (χ0n) is 8.94. The van der Waals surface area contributed by atoms with E-state index in [0.717, 1.165) is 5.56 Å². The fraction of sp³-hybridized carbons (Fsp3) is 0.0769. The van der Waals surface area contributed by atoms with Crippen LogP contribution in [0.4, 0.5) is 5.69 Å². The summed E-state index contributed by atoms with van der Waals surface area (Å²) in [6.07, 6.45) is 0. The Kier molecular flexibility index (Phi) is 2.44. The molecule has 82 valence electrons. The molecule has 0 heterocycles. The number of anilines is 1. The Morgan fingerprint density at radius 2 is 1.62 bits per heavy atom. The van der Waals surface area contributed by atoms with Gasteiger partial charge in [-0.3, -0.25) is 0 Å². The maximum atomic E-state index is 9.85. The highest BCUT2D eigenvalue weighted by molar-refractivity contribution is 5.79. The highest BCUT2D eigenvalue weighted by atomic mass is 16.3. The van der Waals surface area contributed by atoms with Gasteiger partial charge in [0.05, 0.1) is 0 Å². The summed E-state index contributed by atoms with van der Waals surface area (Å²) in [4.78, 5) is 0. The number of rotatable bonds is 1. The minimum absolute atomic E-state index is 0.127. The summed E-state index contributed by atoms with van der Waals surface area (Å²) in [6.45, 7) is 1.67. The number of benzene rings is 2. The molecular weight excluding hydrogens is 202 g/mol. The van der Waals surface area contributed by atoms with Gasteiger partial charge in [-0.05, 0) is 18.6 Å². The van der Waals surface area contributed by atoms with Crippen LogP contribution >= 0.6 is 0 Å². The summed E-state index contributed by atoms with van der Waals surface area (Å²) >= 11 is 0. The lowest BCUT2D eigenvalue weighted by atomic mass is 10.0. The average molecular weight is 215 g/mol. The first-order valence-corrected chi connectivity index (χ1v) is 4.97. The van der Waals surface area contributed by atoms with E-state index in [0.29, 0.717) is 16.8 Å². The van der Waals surface area contributed by atoms with Gasteiger partial charge < -0.3 is 15.9 Å². The van der Waals surface area contributed by atoms with E-state index >= 15 is 0 Å². The number of nitrogens with two attached hydrogens (primary N) is 1. The number of nitrogen functional groups attached to an aromatic ring is 1. The molecule has 0 aliphatic heterocycles. The van der Waals surface area contributed by atoms with Gasteiger partial charge in [0.1, 0.15) is 0 Å². The first-order valence-electron chi connectivity index (χ1n) is 4.97. The van der Waals surface area contributed by atoms with Crippen LogP contribution in [0.15, 0.2) is 36.4 Å². The molecule has 2 rings (SSSR count). The SMILES string of the molecule is Cc1c(N)cc(-c2ccccc2)c(O)c1O. The van der Waals surface area contributed by atoms with Crippen LogP contribution in [0.5, 0.6) is 11.5 Å². The zero-order chi connectivity index (χ0) is 11.7. The van der Waals surface area contributed by atoms with E-state index in [2.05, 4.69) is 0 Å². The van der Waals surface area contributed by atoms with Crippen molar-refractivity contribution in [3.8, 4) is 22.6 Å². The lowest BCUT2D eigenvalue weighted by Gasteiger charge is -2.11. The number of hydrogen-bond acceptors (Lipinski definition) is 3. The van der Waals surface area contributed by atoms with Gasteiger partial charge in [-0.1, -0.05) is 30.3 Å². The molecule has 0 unspecified atom stereocenters. The molecule has 3 nitrogen and oxygen atoms in total. The van der Waals surface area contributed by atoms with Gasteiger partial charge in [0.25, 0.3) is 0 Å². The Bertz CT molecular complexity index is 521. The summed E-state index contributed by atoms with van der Waals surface area (Å²) in [6, 6.07) is 11.0. The van der Waals surface area contributed by atoms with E-state index in [1.165, 1.54) is 0 Å². The van der Waals surface area contributed by atoms with Crippen molar-refractivity contribution in [3.63, 3.8) is 0 Å². The van der Waals surface area contributed by atoms with Gasteiger partial charge in [-0.2, -0.15) is 0 Å². The number of aromatic hydroxyl groups is 2. The predicted molar refractivity (Wildman–Crippen MR) is 64.4 cm³/mol. The first-order chi connectivity index (χ1) is 7.61. The lowest BCUT2D eigenvalue weighted by molar-refractivity contribution is 0.403. The Hall–Kier alpha value is -2.16. The summed E-state index contributed by atoms with van der Waals surface area (Å²) in [5.74, 6) is -0.281. The first kappa shape index (κ1) is 10.4. The molecule has 0 aliphatic carbocycles. The third kappa shape index (κ3) is 1.56. The van der Waals surface area contributed by atoms with Crippen molar-refractivity contribution >= 4 is 5.69 Å². The number of phenolic OH excluding ortho intramolecular Hbond substituents is 2. The van der Waals surface area contributed by atoms with Crippen LogP contribution < -0.4 is 5.73 Å². The second-order valence-electron chi connectivity index (χ2n) is 3.70. The molecule has 0 radical (unpaired) electrons. The van der Waals surface area contributed by atoms with Crippen LogP contribution in [0.2, 0.25) is 0 Å². The van der Waals surface area contributed by atoms with Crippen molar-refractivity contribution in [2.75, 3.05) is 5.73 Å². The maximum absolute atomic E-state index is 9.85. The molecule has 0 aromatic heterocycles. The third-order valence-corrected chi connectivity index (χ3v) is 2.65. The summed E-state index contributed by atoms with van der Waals surface area (Å²) in [7, 11) is 0. The summed E-state index contributed by atoms with van der Waals surface area (Å²) in [5.41, 5.74) is 8.08. The Morgan fingerprint density at radius 1 is 1.00 bits per heavy atom. The fourth-order valence-corrected chi connectivity index (χ4v) is 1.61. The van der Waals surface area contributed by atoms with Gasteiger partial charge in [0, 0.05) is 16.8 Å². The second-order valence-corrected chi connectivity index (χ2v) is 3.70. The van der Waals surface area contributed by atoms with Crippen molar-refractivity contribution in [2.45, 2.75) is 6.92 Å². The monoisotopic (exact) mass is 215 g/mol. The fourth-order valence-electron chi connectivity index (χ4n) is 1.61. The van der Waals surface area contributed by atoms with E-state index in [1.807, 2.05) is 30.3 Å². The molecule has 0 saturated heterocycles. The molecule has 0 atom stereocenters. The molecule has 0 fully saturated rings. The number of hydrogen-bond donors (Lipinski definition) is 3. The minimum atomic E-state index is -0.154. The van der Waals surface area contributed by atoms with Crippen molar-refractivity contribution in [3.05, 3.63) is 42.0 Å². The van der Waals surface area contributed by atoms with Gasteiger partial charge >= 0.3 is 0 Å². The molecule has 0 bridgehead atoms. The van der Waals surface area contributed by atoms with Crippen LogP contribution in [0, 0.1) is 6.92 Å². The molecule has 0 aliphatic rings. The molecule has 0 amide bonds. The van der Waals surface area contributed by atoms with Gasteiger partial charge in [0.2, 0.25) is 0 Å². The topological polar surface area (TPSA) is 66.5 Å². The molecule has 0 spiro atoms. The summed E-state index contributed by atoms with van der Waals surface area (Å²) in [5, 5.41) is 19.5. The van der Waals surface area contributed by atoms with Crippen LogP contribution in [-0.2, 0) is 0 Å². The smallest absolute Gasteiger partial charge is 0.165 e. The zero-order valence-corrected chi connectivity index (χ0v) is 8.94. The lowest BCUT2D eigenvalue weighted by Crippen LogP contribution is -1.92. The van der Waals surface area contributed by atoms with Crippen molar-refractivity contribution < 1.29 is 10.2 Å². The van der Waals surface area contributed by atoms with Crippen molar-refractivity contribution in [1.82, 2.24) is 0 Å². The molecule has 2 aromatic carbocycles. The van der Waals surface area contributed by atoms with Gasteiger partial charge in [-0.25, -0.2) is 0 Å². The molecular formula is C13H13NO2. The van der Waals surface area contributed by atoms with E-state index in [9.17, 15) is 10.2 Å². The molecule has 2 aromatic rings. The van der Waals surface area contributed by atoms with E-state index in [1.54, 1.807) is 13.0 Å². The van der Waals surface area contributed by atoms with Crippen LogP contribution in [-0.4, -0.2) is 10.2 Å². The minimum Gasteiger partial charge on any atom is -0.504 e. The highest BCUT2D eigenvalue weighted by Crippen LogP contribution is 2.41. The average Bonchev–Trinajstić information content (AvgIpc) is 2.32. The Balaban J connectivity index is 2.68. The van der Waals surface area contributed by atoms with E-state index in [-0.39, 0.29) is 11.5 Å². The molecule has 0 saturated carbocycles. The molecule has 3 heteroatoms. The van der Waals surface area contributed by atoms with E-state index < -0.39 is 0 Å². The number of phenols is 2. The Morgan fingerprint density at radius 3 is 2.25 bits per heavy atom. The standard InChI is InChI=1S/C13H13NO2/c1-8-11(14)7-10(13(16)12(8)15)9-5-3-2-4-6-9/h2-7,15-16H,14H2,1H3. The molecule has 16 heavy (non-hydrogen) atoms. The van der Waals surface area contributed by atoms with E-state index in [4.69, 9.17) is 5.73 Å². The second kappa shape index (κ2) is 3.77. The van der Waals surface area contributed by atoms with Crippen LogP contribution in [0.25, 0.3) is 11.1 Å². The maximum Gasteiger partial charge on any atom is 0.165 e. The normalized spacial score (nSPS) is 10.3. The third-order valence-electron chi connectivity index (χ3n) is 2.65. The molecule has 4 N–H and O–H groups in total. The predicted octanol–water partition coefficient (Wildman–Crippen LogP) is 2.66. The highest BCUT2D eigenvalue weighted by Gasteiger charge is 2.13. The van der Waals surface area contributed by atoms with Crippen LogP contribution in [0.3, 0.4) is 0 Å². The van der Waals surface area contributed by atoms with Gasteiger partial charge in [0.15, 0.2) is 11.5 Å². The van der Waals surface area contributed by atoms with Gasteiger partial charge in [-0.15, -0.1) is 0 Å². The largest absolute Gasteiger partial charge is 0.504 e. The Labute approximate surface area is 93.8 Å². The van der Waals surface area contributed by atoms with Crippen LogP contribution in [0.1, 0.15) is 5.56 Å². The van der Waals surface area contributed by atoms with Crippen molar-refractivity contribution in [2.24, 2.45) is 0 Å².